The van der Waals surface area contributed by atoms with Gasteiger partial charge < -0.3 is 0 Å². The third-order valence-electron chi connectivity index (χ3n) is 3.39. The molecule has 0 spiro atoms. The van der Waals surface area contributed by atoms with Crippen molar-refractivity contribution in [2.75, 3.05) is 0 Å². The lowest BCUT2D eigenvalue weighted by molar-refractivity contribution is -0.126. The van der Waals surface area contributed by atoms with Gasteiger partial charge in [0.05, 0.1) is 5.54 Å². The summed E-state index contributed by atoms with van der Waals surface area (Å²) in [5, 5.41) is 1.26. The topological polar surface area (TPSA) is 49.4 Å². The summed E-state index contributed by atoms with van der Waals surface area (Å²) in [6.07, 6.45) is 3.46. The van der Waals surface area contributed by atoms with E-state index in [0.717, 1.165) is 18.9 Å². The number of unbranched alkanes of at least 4 members (excludes halogenated alkanes) is 2. The number of carbonyl (C=O) groups excluding carboxylic acids is 2. The molecule has 2 amide bonds. The van der Waals surface area contributed by atoms with E-state index in [0.29, 0.717) is 12.8 Å². The zero-order chi connectivity index (χ0) is 18.9. The largest absolute Gasteiger partial charge is 0.273 e. The number of hydrogen-bond donors (Lipinski definition) is 1. The zero-order valence-electron chi connectivity index (χ0n) is 15.5. The molecule has 1 aromatic rings. The molecule has 0 saturated heterocycles. The summed E-state index contributed by atoms with van der Waals surface area (Å²) < 4.78 is 13.4. The maximum atomic E-state index is 13.4. The third-order valence-corrected chi connectivity index (χ3v) is 3.39. The van der Waals surface area contributed by atoms with Crippen LogP contribution in [0.2, 0.25) is 0 Å². The van der Waals surface area contributed by atoms with Crippen molar-refractivity contribution in [3.8, 4) is 11.8 Å². The van der Waals surface area contributed by atoms with Crippen molar-refractivity contribution < 1.29 is 14.0 Å². The van der Waals surface area contributed by atoms with Crippen LogP contribution in [0.25, 0.3) is 0 Å². The maximum Gasteiger partial charge on any atom is 0.272 e. The lowest BCUT2D eigenvalue weighted by Gasteiger charge is -2.35. The minimum absolute atomic E-state index is 0.195. The predicted octanol–water partition coefficient (Wildman–Crippen LogP) is 4.07. The molecule has 1 rings (SSSR count). The Hall–Kier alpha value is -2.35. The summed E-state index contributed by atoms with van der Waals surface area (Å²) in [4.78, 5) is 24.8. The van der Waals surface area contributed by atoms with E-state index in [-0.39, 0.29) is 17.9 Å². The predicted molar refractivity (Wildman–Crippen MR) is 97.0 cm³/mol. The molecule has 0 aromatic heterocycles. The first-order chi connectivity index (χ1) is 11.8. The molecule has 0 radical (unpaired) electrons. The molecule has 0 bridgehead atoms. The van der Waals surface area contributed by atoms with Crippen LogP contribution in [0.3, 0.4) is 0 Å². The van der Waals surface area contributed by atoms with Crippen LogP contribution in [0, 0.1) is 17.7 Å². The Morgan fingerprint density at radius 2 is 1.88 bits per heavy atom. The number of amides is 2. The van der Waals surface area contributed by atoms with Gasteiger partial charge in [0.2, 0.25) is 5.91 Å². The Labute approximate surface area is 149 Å². The van der Waals surface area contributed by atoms with E-state index in [1.54, 1.807) is 20.8 Å². The van der Waals surface area contributed by atoms with Gasteiger partial charge in [-0.1, -0.05) is 13.0 Å². The molecule has 136 valence electrons. The van der Waals surface area contributed by atoms with Gasteiger partial charge in [-0.25, -0.2) is 9.40 Å². The summed E-state index contributed by atoms with van der Waals surface area (Å²) in [6.45, 7) is 7.49. The quantitative estimate of drug-likeness (QED) is 0.496. The van der Waals surface area contributed by atoms with Gasteiger partial charge >= 0.3 is 0 Å². The van der Waals surface area contributed by atoms with Gasteiger partial charge in [0.1, 0.15) is 5.82 Å². The Balaban J connectivity index is 2.70. The molecular formula is C20H27FN2O2. The fourth-order valence-electron chi connectivity index (χ4n) is 2.09. The molecule has 0 heterocycles. The molecule has 0 aliphatic carbocycles. The molecule has 0 saturated carbocycles. The summed E-state index contributed by atoms with van der Waals surface area (Å²) in [6, 6.07) is 5.44. The number of benzene rings is 1. The number of hydrogen-bond acceptors (Lipinski definition) is 2. The average Bonchev–Trinajstić information content (AvgIpc) is 2.54. The first-order valence-corrected chi connectivity index (χ1v) is 8.61. The zero-order valence-corrected chi connectivity index (χ0v) is 15.5. The van der Waals surface area contributed by atoms with Crippen LogP contribution in [0.15, 0.2) is 24.3 Å². The van der Waals surface area contributed by atoms with Gasteiger partial charge in [-0.2, -0.15) is 0 Å². The Morgan fingerprint density at radius 1 is 1.20 bits per heavy atom. The van der Waals surface area contributed by atoms with Crippen molar-refractivity contribution in [3.63, 3.8) is 0 Å². The number of halogens is 1. The SMILES string of the molecule is CCCC#CCCCC(=O)NN(C(=O)c1cccc(F)c1)C(C)(C)C. The van der Waals surface area contributed by atoms with E-state index in [1.165, 1.54) is 23.2 Å². The van der Waals surface area contributed by atoms with Crippen LogP contribution in [0.4, 0.5) is 4.39 Å². The summed E-state index contributed by atoms with van der Waals surface area (Å²) >= 11 is 0. The van der Waals surface area contributed by atoms with E-state index in [9.17, 15) is 14.0 Å². The average molecular weight is 346 g/mol. The Bertz CT molecular complexity index is 654. The van der Waals surface area contributed by atoms with Crippen molar-refractivity contribution in [1.29, 1.82) is 0 Å². The van der Waals surface area contributed by atoms with E-state index in [1.807, 2.05) is 0 Å². The van der Waals surface area contributed by atoms with Gasteiger partial charge in [0, 0.05) is 24.8 Å². The van der Waals surface area contributed by atoms with Gasteiger partial charge in [-0.3, -0.25) is 15.0 Å². The van der Waals surface area contributed by atoms with Crippen LogP contribution in [0.5, 0.6) is 0 Å². The minimum Gasteiger partial charge on any atom is -0.273 e. The first-order valence-electron chi connectivity index (χ1n) is 8.61. The van der Waals surface area contributed by atoms with Gasteiger partial charge in [0.25, 0.3) is 5.91 Å². The fourth-order valence-corrected chi connectivity index (χ4v) is 2.09. The van der Waals surface area contributed by atoms with Gasteiger partial charge in [-0.15, -0.1) is 11.8 Å². The van der Waals surface area contributed by atoms with Crippen LogP contribution in [0.1, 0.15) is 70.2 Å². The second kappa shape index (κ2) is 9.83. The number of carbonyl (C=O) groups is 2. The maximum absolute atomic E-state index is 13.4. The third kappa shape index (κ3) is 7.38. The molecule has 0 atom stereocenters. The van der Waals surface area contributed by atoms with Crippen molar-refractivity contribution in [2.24, 2.45) is 0 Å². The molecule has 0 aliphatic heterocycles. The second-order valence-corrected chi connectivity index (χ2v) is 6.81. The Morgan fingerprint density at radius 3 is 2.48 bits per heavy atom. The summed E-state index contributed by atoms with van der Waals surface area (Å²) in [5.41, 5.74) is 2.21. The second-order valence-electron chi connectivity index (χ2n) is 6.81. The molecule has 5 heteroatoms. The van der Waals surface area contributed by atoms with Crippen LogP contribution < -0.4 is 5.43 Å². The highest BCUT2D eigenvalue weighted by Crippen LogP contribution is 2.16. The molecule has 4 nitrogen and oxygen atoms in total. The highest BCUT2D eigenvalue weighted by molar-refractivity contribution is 5.95. The van der Waals surface area contributed by atoms with Crippen molar-refractivity contribution in [3.05, 3.63) is 35.6 Å². The van der Waals surface area contributed by atoms with Gasteiger partial charge in [0.15, 0.2) is 0 Å². The molecule has 0 fully saturated rings. The van der Waals surface area contributed by atoms with E-state index in [4.69, 9.17) is 0 Å². The van der Waals surface area contributed by atoms with E-state index < -0.39 is 17.3 Å². The van der Waals surface area contributed by atoms with Crippen LogP contribution in [-0.4, -0.2) is 22.4 Å². The first kappa shape index (κ1) is 20.7. The lowest BCUT2D eigenvalue weighted by atomic mass is 10.1. The van der Waals surface area contributed by atoms with Crippen molar-refractivity contribution in [2.45, 2.75) is 65.3 Å². The van der Waals surface area contributed by atoms with E-state index >= 15 is 0 Å². The summed E-state index contributed by atoms with van der Waals surface area (Å²) in [7, 11) is 0. The number of rotatable bonds is 5. The summed E-state index contributed by atoms with van der Waals surface area (Å²) in [5.74, 6) is 4.88. The fraction of sp³-hybridized carbons (Fsp3) is 0.500. The number of nitrogens with one attached hydrogen (secondary N) is 1. The molecule has 1 aromatic carbocycles. The standard InChI is InChI=1S/C20H27FN2O2/c1-5-6-7-8-9-10-14-18(24)22-23(20(2,3)4)19(25)16-12-11-13-17(21)15-16/h11-13,15H,5-6,9-10,14H2,1-4H3,(H,22,24). The van der Waals surface area contributed by atoms with Crippen LogP contribution in [-0.2, 0) is 4.79 Å². The molecule has 0 aliphatic rings. The number of hydrazine groups is 1. The molecule has 0 unspecified atom stereocenters. The lowest BCUT2D eigenvalue weighted by Crippen LogP contribution is -2.55. The smallest absolute Gasteiger partial charge is 0.272 e. The minimum atomic E-state index is -0.639. The van der Waals surface area contributed by atoms with Crippen LogP contribution >= 0.6 is 0 Å². The van der Waals surface area contributed by atoms with Crippen molar-refractivity contribution >= 4 is 11.8 Å². The Kier molecular flexibility index (Phi) is 8.13. The molecular weight excluding hydrogens is 319 g/mol. The highest BCUT2D eigenvalue weighted by atomic mass is 19.1. The monoisotopic (exact) mass is 346 g/mol. The van der Waals surface area contributed by atoms with E-state index in [2.05, 4.69) is 24.2 Å². The van der Waals surface area contributed by atoms with Crippen molar-refractivity contribution in [1.82, 2.24) is 10.4 Å². The number of nitrogens with zero attached hydrogens (tertiary/aromatic N) is 1. The normalized spacial score (nSPS) is 10.6. The highest BCUT2D eigenvalue weighted by Gasteiger charge is 2.29. The molecule has 25 heavy (non-hydrogen) atoms. The molecule has 1 N–H and O–H groups in total. The van der Waals surface area contributed by atoms with Gasteiger partial charge in [-0.05, 0) is 51.8 Å².